The van der Waals surface area contributed by atoms with Crippen LogP contribution in [0.15, 0.2) is 60.9 Å². The van der Waals surface area contributed by atoms with Crippen molar-refractivity contribution in [1.82, 2.24) is 9.97 Å². The Kier molecular flexibility index (Phi) is 4.48. The molecule has 2 N–H and O–H groups in total. The molecule has 0 atom stereocenters. The number of hydrogen-bond donors (Lipinski definition) is 2. The van der Waals surface area contributed by atoms with Gasteiger partial charge in [0, 0.05) is 46.5 Å². The number of carbonyl (C=O) groups is 1. The molecule has 4 heteroatoms. The molecule has 26 heavy (non-hydrogen) atoms. The van der Waals surface area contributed by atoms with Crippen LogP contribution in [0.4, 0.5) is 0 Å². The maximum absolute atomic E-state index is 12.0. The van der Waals surface area contributed by atoms with Crippen molar-refractivity contribution in [3.05, 3.63) is 72.1 Å². The molecule has 0 bridgehead atoms. The Bertz CT molecular complexity index is 970. The fourth-order valence-corrected chi connectivity index (χ4v) is 3.56. The van der Waals surface area contributed by atoms with E-state index in [1.807, 2.05) is 43.6 Å². The van der Waals surface area contributed by atoms with Gasteiger partial charge in [-0.15, -0.1) is 0 Å². The Morgan fingerprint density at radius 2 is 1.46 bits per heavy atom. The number of fused-ring (bicyclic) bond motifs is 2. The van der Waals surface area contributed by atoms with E-state index in [4.69, 9.17) is 4.74 Å². The summed E-state index contributed by atoms with van der Waals surface area (Å²) in [5.74, 6) is -0.166. The van der Waals surface area contributed by atoms with Crippen molar-refractivity contribution in [2.45, 2.75) is 25.7 Å². The van der Waals surface area contributed by atoms with Crippen molar-refractivity contribution in [2.75, 3.05) is 6.61 Å². The van der Waals surface area contributed by atoms with Gasteiger partial charge in [-0.1, -0.05) is 43.3 Å². The number of para-hydroxylation sites is 2. The summed E-state index contributed by atoms with van der Waals surface area (Å²) in [5.41, 5.74) is 4.48. The zero-order valence-corrected chi connectivity index (χ0v) is 14.8. The molecule has 2 aromatic heterocycles. The molecule has 0 aliphatic rings. The predicted octanol–water partition coefficient (Wildman–Crippen LogP) is 5.12. The standard InChI is InChI=1S/C22H22N2O2/c1-2-7-22(25)26-14-19(17-12-23-20-10-5-3-8-15(17)20)18-13-24-21-11-6-4-9-16(18)21/h3-6,8-13,19,23-24H,2,7,14H2,1H3. The van der Waals surface area contributed by atoms with Crippen LogP contribution in [0.1, 0.15) is 36.8 Å². The van der Waals surface area contributed by atoms with Gasteiger partial charge in [0.2, 0.25) is 0 Å². The van der Waals surface area contributed by atoms with E-state index in [0.29, 0.717) is 13.0 Å². The number of aromatic nitrogens is 2. The summed E-state index contributed by atoms with van der Waals surface area (Å²) in [6, 6.07) is 16.5. The Balaban J connectivity index is 1.78. The van der Waals surface area contributed by atoms with Crippen molar-refractivity contribution in [2.24, 2.45) is 0 Å². The highest BCUT2D eigenvalue weighted by Crippen LogP contribution is 2.35. The second-order valence-electron chi connectivity index (χ2n) is 6.56. The van der Waals surface area contributed by atoms with E-state index < -0.39 is 0 Å². The lowest BCUT2D eigenvalue weighted by atomic mass is 9.91. The second-order valence-corrected chi connectivity index (χ2v) is 6.56. The molecule has 4 aromatic rings. The van der Waals surface area contributed by atoms with Crippen molar-refractivity contribution in [1.29, 1.82) is 0 Å². The van der Waals surface area contributed by atoms with Crippen LogP contribution < -0.4 is 0 Å². The van der Waals surface area contributed by atoms with Crippen LogP contribution in [0.3, 0.4) is 0 Å². The summed E-state index contributed by atoms with van der Waals surface area (Å²) in [4.78, 5) is 18.7. The molecule has 0 saturated carbocycles. The molecule has 132 valence electrons. The smallest absolute Gasteiger partial charge is 0.305 e. The van der Waals surface area contributed by atoms with Gasteiger partial charge >= 0.3 is 5.97 Å². The van der Waals surface area contributed by atoms with E-state index in [9.17, 15) is 4.79 Å². The normalized spacial score (nSPS) is 11.5. The number of H-pyrrole nitrogens is 2. The van der Waals surface area contributed by atoms with Crippen LogP contribution in [0.25, 0.3) is 21.8 Å². The highest BCUT2D eigenvalue weighted by atomic mass is 16.5. The first-order valence-corrected chi connectivity index (χ1v) is 9.05. The fraction of sp³-hybridized carbons (Fsp3) is 0.227. The summed E-state index contributed by atoms with van der Waals surface area (Å²) < 4.78 is 5.62. The van der Waals surface area contributed by atoms with Gasteiger partial charge in [-0.05, 0) is 29.7 Å². The van der Waals surface area contributed by atoms with Crippen LogP contribution >= 0.6 is 0 Å². The van der Waals surface area contributed by atoms with Crippen LogP contribution in [0.5, 0.6) is 0 Å². The quantitative estimate of drug-likeness (QED) is 0.476. The van der Waals surface area contributed by atoms with Gasteiger partial charge in [0.1, 0.15) is 6.61 Å². The van der Waals surface area contributed by atoms with Gasteiger partial charge in [-0.2, -0.15) is 0 Å². The third kappa shape index (κ3) is 2.99. The van der Waals surface area contributed by atoms with E-state index >= 15 is 0 Å². The van der Waals surface area contributed by atoms with E-state index in [1.54, 1.807) is 0 Å². The number of aromatic amines is 2. The Morgan fingerprint density at radius 3 is 2.00 bits per heavy atom. The zero-order valence-electron chi connectivity index (χ0n) is 14.8. The molecular formula is C22H22N2O2. The van der Waals surface area contributed by atoms with Crippen LogP contribution in [0.2, 0.25) is 0 Å². The first kappa shape index (κ1) is 16.5. The number of rotatable bonds is 6. The van der Waals surface area contributed by atoms with Crippen LogP contribution in [-0.2, 0) is 9.53 Å². The van der Waals surface area contributed by atoms with Gasteiger partial charge in [-0.3, -0.25) is 4.79 Å². The number of ether oxygens (including phenoxy) is 1. The Hall–Kier alpha value is -3.01. The van der Waals surface area contributed by atoms with Gasteiger partial charge in [0.15, 0.2) is 0 Å². The lowest BCUT2D eigenvalue weighted by Gasteiger charge is -2.17. The molecule has 0 saturated heterocycles. The molecule has 2 heterocycles. The molecule has 2 aromatic carbocycles. The molecule has 0 aliphatic heterocycles. The van der Waals surface area contributed by atoms with Crippen LogP contribution in [0, 0.1) is 0 Å². The van der Waals surface area contributed by atoms with Gasteiger partial charge in [0.05, 0.1) is 0 Å². The number of carbonyl (C=O) groups excluding carboxylic acids is 1. The van der Waals surface area contributed by atoms with Gasteiger partial charge in [0.25, 0.3) is 0 Å². The monoisotopic (exact) mass is 346 g/mol. The average molecular weight is 346 g/mol. The van der Waals surface area contributed by atoms with Crippen molar-refractivity contribution < 1.29 is 9.53 Å². The number of benzene rings is 2. The number of esters is 1. The molecule has 0 amide bonds. The van der Waals surface area contributed by atoms with E-state index in [0.717, 1.165) is 39.4 Å². The Labute approximate surface area is 152 Å². The Morgan fingerprint density at radius 1 is 0.923 bits per heavy atom. The summed E-state index contributed by atoms with van der Waals surface area (Å²) in [6.45, 7) is 2.32. The minimum absolute atomic E-state index is 0.0249. The second kappa shape index (κ2) is 7.08. The molecular weight excluding hydrogens is 324 g/mol. The minimum atomic E-state index is -0.141. The maximum atomic E-state index is 12.0. The van der Waals surface area contributed by atoms with E-state index in [1.165, 1.54) is 0 Å². The lowest BCUT2D eigenvalue weighted by molar-refractivity contribution is -0.143. The molecule has 0 spiro atoms. The highest BCUT2D eigenvalue weighted by molar-refractivity contribution is 5.88. The maximum Gasteiger partial charge on any atom is 0.305 e. The minimum Gasteiger partial charge on any atom is -0.465 e. The predicted molar refractivity (Wildman–Crippen MR) is 104 cm³/mol. The fourth-order valence-electron chi connectivity index (χ4n) is 3.56. The number of nitrogens with one attached hydrogen (secondary N) is 2. The highest BCUT2D eigenvalue weighted by Gasteiger charge is 2.22. The van der Waals surface area contributed by atoms with E-state index in [2.05, 4.69) is 34.2 Å². The third-order valence-electron chi connectivity index (χ3n) is 4.86. The first-order chi connectivity index (χ1) is 12.8. The molecule has 0 aliphatic carbocycles. The number of hydrogen-bond acceptors (Lipinski definition) is 2. The van der Waals surface area contributed by atoms with E-state index in [-0.39, 0.29) is 11.9 Å². The topological polar surface area (TPSA) is 57.9 Å². The SMILES string of the molecule is CCCC(=O)OCC(c1c[nH]c2ccccc12)c1c[nH]c2ccccc12. The molecule has 4 rings (SSSR count). The van der Waals surface area contributed by atoms with Crippen LogP contribution in [-0.4, -0.2) is 22.5 Å². The summed E-state index contributed by atoms with van der Waals surface area (Å²) >= 11 is 0. The molecule has 0 unspecified atom stereocenters. The van der Waals surface area contributed by atoms with Gasteiger partial charge in [-0.25, -0.2) is 0 Å². The van der Waals surface area contributed by atoms with Crippen molar-refractivity contribution in [3.8, 4) is 0 Å². The third-order valence-corrected chi connectivity index (χ3v) is 4.86. The molecule has 4 nitrogen and oxygen atoms in total. The summed E-state index contributed by atoms with van der Waals surface area (Å²) in [6.07, 6.45) is 5.31. The van der Waals surface area contributed by atoms with Crippen molar-refractivity contribution >= 4 is 27.8 Å². The van der Waals surface area contributed by atoms with Crippen molar-refractivity contribution in [3.63, 3.8) is 0 Å². The zero-order chi connectivity index (χ0) is 17.9. The average Bonchev–Trinajstić information content (AvgIpc) is 3.28. The first-order valence-electron chi connectivity index (χ1n) is 9.05. The van der Waals surface area contributed by atoms with Gasteiger partial charge < -0.3 is 14.7 Å². The largest absolute Gasteiger partial charge is 0.465 e. The lowest BCUT2D eigenvalue weighted by Crippen LogP contribution is -2.13. The molecule has 0 fully saturated rings. The summed E-state index contributed by atoms with van der Waals surface area (Å²) in [7, 11) is 0. The summed E-state index contributed by atoms with van der Waals surface area (Å²) in [5, 5.41) is 2.32. The molecule has 0 radical (unpaired) electrons.